The minimum Gasteiger partial charge on any atom is -0.344 e. The summed E-state index contributed by atoms with van der Waals surface area (Å²) in [5, 5.41) is 9.30. The standard InChI is InChI=1S/C9H14N4O/c10-6-9(3-1-4-9)12-8(14)7-2-5-11-13-7/h2,5H,1,3-4,6,10H2,(H,11,13)(H,12,14). The van der Waals surface area contributed by atoms with Crippen molar-refractivity contribution in [2.24, 2.45) is 5.73 Å². The molecule has 0 bridgehead atoms. The number of hydrogen-bond donors (Lipinski definition) is 3. The molecule has 1 aromatic rings. The molecule has 0 aromatic carbocycles. The molecular weight excluding hydrogens is 180 g/mol. The molecule has 4 N–H and O–H groups in total. The second-order valence-corrected chi connectivity index (χ2v) is 3.76. The molecule has 5 nitrogen and oxygen atoms in total. The fraction of sp³-hybridized carbons (Fsp3) is 0.556. The van der Waals surface area contributed by atoms with E-state index in [1.54, 1.807) is 12.3 Å². The Morgan fingerprint density at radius 1 is 1.71 bits per heavy atom. The Labute approximate surface area is 82.1 Å². The molecule has 0 saturated heterocycles. The van der Waals surface area contributed by atoms with Crippen molar-refractivity contribution in [1.29, 1.82) is 0 Å². The Morgan fingerprint density at radius 3 is 2.93 bits per heavy atom. The monoisotopic (exact) mass is 194 g/mol. The lowest BCUT2D eigenvalue weighted by molar-refractivity contribution is 0.0832. The second-order valence-electron chi connectivity index (χ2n) is 3.76. The highest BCUT2D eigenvalue weighted by molar-refractivity contribution is 5.92. The normalized spacial score (nSPS) is 18.6. The molecule has 1 aromatic heterocycles. The van der Waals surface area contributed by atoms with E-state index in [0.717, 1.165) is 19.3 Å². The van der Waals surface area contributed by atoms with Crippen LogP contribution in [0.5, 0.6) is 0 Å². The van der Waals surface area contributed by atoms with Crippen molar-refractivity contribution in [1.82, 2.24) is 15.5 Å². The smallest absolute Gasteiger partial charge is 0.269 e. The third kappa shape index (κ3) is 1.50. The maximum absolute atomic E-state index is 11.6. The lowest BCUT2D eigenvalue weighted by Crippen LogP contribution is -2.58. The second kappa shape index (κ2) is 3.42. The van der Waals surface area contributed by atoms with Crippen molar-refractivity contribution in [3.63, 3.8) is 0 Å². The van der Waals surface area contributed by atoms with Crippen molar-refractivity contribution < 1.29 is 4.79 Å². The highest BCUT2D eigenvalue weighted by atomic mass is 16.2. The van der Waals surface area contributed by atoms with E-state index in [1.165, 1.54) is 0 Å². The predicted molar refractivity (Wildman–Crippen MR) is 51.7 cm³/mol. The van der Waals surface area contributed by atoms with Gasteiger partial charge in [0.2, 0.25) is 0 Å². The number of H-pyrrole nitrogens is 1. The summed E-state index contributed by atoms with van der Waals surface area (Å²) in [6.45, 7) is 0.507. The molecule has 1 aliphatic rings. The van der Waals surface area contributed by atoms with Gasteiger partial charge in [0.25, 0.3) is 5.91 Å². The van der Waals surface area contributed by atoms with Crippen molar-refractivity contribution in [2.45, 2.75) is 24.8 Å². The number of nitrogens with zero attached hydrogens (tertiary/aromatic N) is 1. The van der Waals surface area contributed by atoms with E-state index in [1.807, 2.05) is 0 Å². The van der Waals surface area contributed by atoms with Gasteiger partial charge in [-0.05, 0) is 25.3 Å². The van der Waals surface area contributed by atoms with Gasteiger partial charge in [0.15, 0.2) is 0 Å². The first-order valence-corrected chi connectivity index (χ1v) is 4.78. The number of nitrogens with one attached hydrogen (secondary N) is 2. The summed E-state index contributed by atoms with van der Waals surface area (Å²) in [5.74, 6) is -0.118. The molecule has 0 radical (unpaired) electrons. The van der Waals surface area contributed by atoms with Crippen LogP contribution in [0.3, 0.4) is 0 Å². The van der Waals surface area contributed by atoms with Crippen molar-refractivity contribution >= 4 is 5.91 Å². The molecule has 1 saturated carbocycles. The average molecular weight is 194 g/mol. The Balaban J connectivity index is 2.01. The van der Waals surface area contributed by atoms with Gasteiger partial charge in [0.05, 0.1) is 5.54 Å². The van der Waals surface area contributed by atoms with Gasteiger partial charge in [0.1, 0.15) is 5.69 Å². The van der Waals surface area contributed by atoms with E-state index < -0.39 is 0 Å². The summed E-state index contributed by atoms with van der Waals surface area (Å²) in [6.07, 6.45) is 4.65. The van der Waals surface area contributed by atoms with Crippen LogP contribution in [0.4, 0.5) is 0 Å². The van der Waals surface area contributed by atoms with Gasteiger partial charge in [0, 0.05) is 12.7 Å². The number of aromatic nitrogens is 2. The first-order chi connectivity index (χ1) is 6.76. The minimum absolute atomic E-state index is 0.118. The van der Waals surface area contributed by atoms with E-state index in [0.29, 0.717) is 12.2 Å². The Kier molecular flexibility index (Phi) is 2.25. The topological polar surface area (TPSA) is 83.8 Å². The van der Waals surface area contributed by atoms with Crippen LogP contribution in [0.25, 0.3) is 0 Å². The summed E-state index contributed by atoms with van der Waals surface area (Å²) in [6, 6.07) is 1.65. The van der Waals surface area contributed by atoms with E-state index >= 15 is 0 Å². The van der Waals surface area contributed by atoms with Crippen LogP contribution in [-0.4, -0.2) is 28.2 Å². The molecule has 2 rings (SSSR count). The summed E-state index contributed by atoms with van der Waals surface area (Å²) < 4.78 is 0. The molecule has 0 unspecified atom stereocenters. The molecular formula is C9H14N4O. The molecule has 0 spiro atoms. The lowest BCUT2D eigenvalue weighted by atomic mass is 9.77. The third-order valence-electron chi connectivity index (χ3n) is 2.83. The average Bonchev–Trinajstić information content (AvgIpc) is 2.63. The van der Waals surface area contributed by atoms with Crippen LogP contribution in [0.15, 0.2) is 12.3 Å². The Morgan fingerprint density at radius 2 is 2.50 bits per heavy atom. The molecule has 5 heteroatoms. The molecule has 76 valence electrons. The van der Waals surface area contributed by atoms with Crippen LogP contribution in [0.2, 0.25) is 0 Å². The molecule has 1 amide bonds. The predicted octanol–water partition coefficient (Wildman–Crippen LogP) is 0.0209. The highest BCUT2D eigenvalue weighted by Crippen LogP contribution is 2.30. The fourth-order valence-corrected chi connectivity index (χ4v) is 1.67. The Bertz CT molecular complexity index is 310. The van der Waals surface area contributed by atoms with Crippen LogP contribution >= 0.6 is 0 Å². The molecule has 1 aliphatic carbocycles. The first kappa shape index (κ1) is 9.21. The van der Waals surface area contributed by atoms with Gasteiger partial charge < -0.3 is 11.1 Å². The van der Waals surface area contributed by atoms with Crippen LogP contribution < -0.4 is 11.1 Å². The number of amides is 1. The molecule has 0 aliphatic heterocycles. The number of hydrogen-bond acceptors (Lipinski definition) is 3. The minimum atomic E-state index is -0.164. The van der Waals surface area contributed by atoms with Gasteiger partial charge in [-0.1, -0.05) is 0 Å². The maximum Gasteiger partial charge on any atom is 0.269 e. The number of rotatable bonds is 3. The van der Waals surface area contributed by atoms with Crippen LogP contribution in [0, 0.1) is 0 Å². The van der Waals surface area contributed by atoms with E-state index in [2.05, 4.69) is 15.5 Å². The number of carbonyl (C=O) groups excluding carboxylic acids is 1. The quantitative estimate of drug-likeness (QED) is 0.634. The summed E-state index contributed by atoms with van der Waals surface area (Å²) in [5.41, 5.74) is 5.96. The van der Waals surface area contributed by atoms with Crippen molar-refractivity contribution in [3.8, 4) is 0 Å². The molecule has 0 atom stereocenters. The Hall–Kier alpha value is -1.36. The van der Waals surface area contributed by atoms with Gasteiger partial charge in [-0.25, -0.2) is 0 Å². The zero-order valence-corrected chi connectivity index (χ0v) is 7.92. The number of aromatic amines is 1. The van der Waals surface area contributed by atoms with E-state index in [-0.39, 0.29) is 11.4 Å². The number of nitrogens with two attached hydrogens (primary N) is 1. The molecule has 1 fully saturated rings. The summed E-state index contributed by atoms with van der Waals surface area (Å²) in [4.78, 5) is 11.6. The van der Waals surface area contributed by atoms with Crippen LogP contribution in [0.1, 0.15) is 29.8 Å². The van der Waals surface area contributed by atoms with E-state index in [9.17, 15) is 4.79 Å². The largest absolute Gasteiger partial charge is 0.344 e. The van der Waals surface area contributed by atoms with Crippen LogP contribution in [-0.2, 0) is 0 Å². The highest BCUT2D eigenvalue weighted by Gasteiger charge is 2.37. The van der Waals surface area contributed by atoms with E-state index in [4.69, 9.17) is 5.73 Å². The number of carbonyl (C=O) groups is 1. The summed E-state index contributed by atoms with van der Waals surface area (Å²) in [7, 11) is 0. The zero-order chi connectivity index (χ0) is 10.0. The lowest BCUT2D eigenvalue weighted by Gasteiger charge is -2.41. The third-order valence-corrected chi connectivity index (χ3v) is 2.83. The van der Waals surface area contributed by atoms with Gasteiger partial charge in [-0.2, -0.15) is 5.10 Å². The fourth-order valence-electron chi connectivity index (χ4n) is 1.67. The van der Waals surface area contributed by atoms with Crippen molar-refractivity contribution in [2.75, 3.05) is 6.54 Å². The zero-order valence-electron chi connectivity index (χ0n) is 7.92. The first-order valence-electron chi connectivity index (χ1n) is 4.78. The van der Waals surface area contributed by atoms with Crippen molar-refractivity contribution in [3.05, 3.63) is 18.0 Å². The molecule has 1 heterocycles. The van der Waals surface area contributed by atoms with Gasteiger partial charge in [-0.15, -0.1) is 0 Å². The van der Waals surface area contributed by atoms with Gasteiger partial charge >= 0.3 is 0 Å². The molecule has 14 heavy (non-hydrogen) atoms. The summed E-state index contributed by atoms with van der Waals surface area (Å²) >= 11 is 0. The SMILES string of the molecule is NCC1(NC(=O)c2ccn[nH]2)CCC1. The maximum atomic E-state index is 11.6. The van der Waals surface area contributed by atoms with Gasteiger partial charge in [-0.3, -0.25) is 9.89 Å².